The molecular weight excluding hydrogens is 574 g/mol. The summed E-state index contributed by atoms with van der Waals surface area (Å²) in [5.41, 5.74) is 2.05. The van der Waals surface area contributed by atoms with Crippen molar-refractivity contribution in [2.45, 2.75) is 51.2 Å². The lowest BCUT2D eigenvalue weighted by Crippen LogP contribution is -2.55. The molecule has 0 aliphatic carbocycles. The van der Waals surface area contributed by atoms with Gasteiger partial charge in [-0.3, -0.25) is 19.7 Å². The van der Waals surface area contributed by atoms with E-state index in [1.165, 1.54) is 6.92 Å². The Morgan fingerprint density at radius 3 is 2.19 bits per heavy atom. The van der Waals surface area contributed by atoms with E-state index in [9.17, 15) is 19.2 Å². The molecule has 10 nitrogen and oxygen atoms in total. The van der Waals surface area contributed by atoms with Crippen molar-refractivity contribution in [3.8, 4) is 5.75 Å². The summed E-state index contributed by atoms with van der Waals surface area (Å²) in [5.74, 6) is -2.07. The van der Waals surface area contributed by atoms with Gasteiger partial charge in [-0.1, -0.05) is 72.8 Å². The van der Waals surface area contributed by atoms with Crippen LogP contribution in [-0.4, -0.2) is 55.1 Å². The second-order valence-electron chi connectivity index (χ2n) is 9.81. The Balaban J connectivity index is 0.00000506. The van der Waals surface area contributed by atoms with Crippen LogP contribution >= 0.6 is 12.4 Å². The summed E-state index contributed by atoms with van der Waals surface area (Å²) in [6, 6.07) is 22.5. The van der Waals surface area contributed by atoms with E-state index in [-0.39, 0.29) is 37.7 Å². The zero-order valence-corrected chi connectivity index (χ0v) is 24.9. The Morgan fingerprint density at radius 2 is 1.53 bits per heavy atom. The van der Waals surface area contributed by atoms with Gasteiger partial charge in [0.15, 0.2) is 0 Å². The van der Waals surface area contributed by atoms with Crippen LogP contribution < -0.4 is 20.4 Å². The molecule has 228 valence electrons. The maximum absolute atomic E-state index is 13.9. The third-order valence-corrected chi connectivity index (χ3v) is 6.65. The van der Waals surface area contributed by atoms with Gasteiger partial charge in [0, 0.05) is 13.3 Å². The van der Waals surface area contributed by atoms with Gasteiger partial charge >= 0.3 is 11.9 Å². The van der Waals surface area contributed by atoms with E-state index >= 15 is 0 Å². The fourth-order valence-corrected chi connectivity index (χ4v) is 4.62. The van der Waals surface area contributed by atoms with Crippen molar-refractivity contribution in [3.63, 3.8) is 0 Å². The van der Waals surface area contributed by atoms with E-state index in [4.69, 9.17) is 14.3 Å². The number of nitrogens with zero attached hydrogens (tertiary/aromatic N) is 1. The zero-order chi connectivity index (χ0) is 29.9. The predicted molar refractivity (Wildman–Crippen MR) is 163 cm³/mol. The number of hydrogen-bond acceptors (Lipinski definition) is 8. The molecule has 2 N–H and O–H groups in total. The molecule has 1 heterocycles. The maximum Gasteiger partial charge on any atom is 0.355 e. The van der Waals surface area contributed by atoms with Crippen LogP contribution in [-0.2, 0) is 41.6 Å². The monoisotopic (exact) mass is 609 g/mol. The summed E-state index contributed by atoms with van der Waals surface area (Å²) >= 11 is 0. The minimum absolute atomic E-state index is 0. The summed E-state index contributed by atoms with van der Waals surface area (Å²) in [6.45, 7) is 3.07. The van der Waals surface area contributed by atoms with E-state index in [1.807, 2.05) is 60.7 Å². The number of anilines is 1. The van der Waals surface area contributed by atoms with Crippen LogP contribution in [0.25, 0.3) is 0 Å². The predicted octanol–water partition coefficient (Wildman–Crippen LogP) is 3.56. The van der Waals surface area contributed by atoms with Gasteiger partial charge in [-0.05, 0) is 43.0 Å². The Labute approximate surface area is 257 Å². The number of amides is 2. The molecule has 0 spiro atoms. The molecule has 3 aromatic carbocycles. The first-order valence-corrected chi connectivity index (χ1v) is 13.9. The van der Waals surface area contributed by atoms with Gasteiger partial charge in [-0.2, -0.15) is 0 Å². The molecular formula is C32H36ClN3O7. The molecule has 2 amide bonds. The molecule has 43 heavy (non-hydrogen) atoms. The van der Waals surface area contributed by atoms with Crippen LogP contribution in [0, 0.1) is 0 Å². The highest BCUT2D eigenvalue weighted by molar-refractivity contribution is 6.00. The normalized spacial score (nSPS) is 15.4. The first kappa shape index (κ1) is 33.1. The van der Waals surface area contributed by atoms with E-state index in [0.29, 0.717) is 18.6 Å². The van der Waals surface area contributed by atoms with Crippen LogP contribution in [0.3, 0.4) is 0 Å². The highest BCUT2D eigenvalue weighted by Crippen LogP contribution is 2.32. The molecule has 0 saturated carbocycles. The van der Waals surface area contributed by atoms with Crippen molar-refractivity contribution >= 4 is 41.8 Å². The average Bonchev–Trinajstić information content (AvgIpc) is 3.12. The van der Waals surface area contributed by atoms with Gasteiger partial charge in [0.1, 0.15) is 36.2 Å². The van der Waals surface area contributed by atoms with Gasteiger partial charge in [0.25, 0.3) is 5.91 Å². The van der Waals surface area contributed by atoms with Crippen molar-refractivity contribution in [2.24, 2.45) is 0 Å². The number of aryl methyl sites for hydroxylation is 1. The number of ether oxygens (including phenoxy) is 2. The van der Waals surface area contributed by atoms with Gasteiger partial charge < -0.3 is 19.6 Å². The Bertz CT molecular complexity index is 1370. The second-order valence-corrected chi connectivity index (χ2v) is 9.81. The SMILES string of the molecule is CCOC(=O)[C@H](CCc1ccccc1)N[C@H]1COc2ccccc2N(OC(=O)[C@H](Cc2ccccc2)NC(C)=O)C1=O.Cl. The Kier molecular flexibility index (Phi) is 12.5. The number of fused-ring (bicyclic) bond motifs is 1. The van der Waals surface area contributed by atoms with Crippen molar-refractivity contribution < 1.29 is 33.5 Å². The zero-order valence-electron chi connectivity index (χ0n) is 24.1. The standard InChI is InChI=1S/C32H35N3O7.ClH/c1-3-40-31(38)25(19-18-23-12-6-4-7-13-23)34-27-21-41-29-17-11-10-16-28(29)35(30(27)37)42-32(39)26(33-22(2)36)20-24-14-8-5-9-15-24;/h4-17,25-27,34H,3,18-21H2,1-2H3,(H,33,36);1H/t25-,26-,27-;/m0./s1. The van der Waals surface area contributed by atoms with E-state index in [1.54, 1.807) is 31.2 Å². The summed E-state index contributed by atoms with van der Waals surface area (Å²) in [4.78, 5) is 57.9. The van der Waals surface area contributed by atoms with Gasteiger partial charge in [0.2, 0.25) is 5.91 Å². The van der Waals surface area contributed by atoms with Gasteiger partial charge in [-0.25, -0.2) is 4.79 Å². The number of carbonyl (C=O) groups excluding carboxylic acids is 4. The lowest BCUT2D eigenvalue weighted by molar-refractivity contribution is -0.154. The Morgan fingerprint density at radius 1 is 0.907 bits per heavy atom. The number of carbonyl (C=O) groups is 4. The van der Waals surface area contributed by atoms with Crippen molar-refractivity contribution in [3.05, 3.63) is 96.1 Å². The number of hydrogen-bond donors (Lipinski definition) is 2. The summed E-state index contributed by atoms with van der Waals surface area (Å²) in [7, 11) is 0. The average molecular weight is 610 g/mol. The minimum atomic E-state index is -1.06. The van der Waals surface area contributed by atoms with Gasteiger partial charge in [-0.15, -0.1) is 17.5 Å². The molecule has 4 rings (SSSR count). The number of esters is 1. The van der Waals surface area contributed by atoms with Crippen LogP contribution in [0.1, 0.15) is 31.4 Å². The first-order valence-electron chi connectivity index (χ1n) is 13.9. The topological polar surface area (TPSA) is 123 Å². The minimum Gasteiger partial charge on any atom is -0.489 e. The molecule has 0 unspecified atom stereocenters. The third kappa shape index (κ3) is 9.29. The van der Waals surface area contributed by atoms with Crippen molar-refractivity contribution in [2.75, 3.05) is 18.3 Å². The fourth-order valence-electron chi connectivity index (χ4n) is 4.62. The molecule has 3 atom stereocenters. The number of benzene rings is 3. The molecule has 11 heteroatoms. The van der Waals surface area contributed by atoms with E-state index in [2.05, 4.69) is 10.6 Å². The molecule has 1 aliphatic rings. The van der Waals surface area contributed by atoms with Gasteiger partial charge in [0.05, 0.1) is 6.61 Å². The lowest BCUT2D eigenvalue weighted by Gasteiger charge is -2.27. The molecule has 0 aromatic heterocycles. The van der Waals surface area contributed by atoms with Crippen molar-refractivity contribution in [1.29, 1.82) is 0 Å². The number of rotatable bonds is 12. The van der Waals surface area contributed by atoms with Crippen molar-refractivity contribution in [1.82, 2.24) is 10.6 Å². The van der Waals surface area contributed by atoms with Crippen LogP contribution in [0.2, 0.25) is 0 Å². The van der Waals surface area contributed by atoms with Crippen LogP contribution in [0.5, 0.6) is 5.75 Å². The van der Waals surface area contributed by atoms with E-state index < -0.39 is 41.9 Å². The Hall–Kier alpha value is -4.41. The van der Waals surface area contributed by atoms with Crippen LogP contribution in [0.15, 0.2) is 84.9 Å². The highest BCUT2D eigenvalue weighted by Gasteiger charge is 2.38. The van der Waals surface area contributed by atoms with E-state index in [0.717, 1.165) is 16.2 Å². The number of para-hydroxylation sites is 2. The molecule has 0 saturated heterocycles. The summed E-state index contributed by atoms with van der Waals surface area (Å²) in [5, 5.41) is 6.58. The quantitative estimate of drug-likeness (QED) is 0.299. The molecule has 1 aliphatic heterocycles. The molecule has 0 bridgehead atoms. The number of hydroxylamine groups is 1. The lowest BCUT2D eigenvalue weighted by atomic mass is 10.0. The number of halogens is 1. The smallest absolute Gasteiger partial charge is 0.355 e. The second kappa shape index (κ2) is 16.3. The molecule has 3 aromatic rings. The van der Waals surface area contributed by atoms with Crippen LogP contribution in [0.4, 0.5) is 5.69 Å². The molecule has 0 fully saturated rings. The first-order chi connectivity index (χ1) is 20.4. The third-order valence-electron chi connectivity index (χ3n) is 6.65. The fraction of sp³-hybridized carbons (Fsp3) is 0.312. The largest absolute Gasteiger partial charge is 0.489 e. The molecule has 0 radical (unpaired) electrons. The maximum atomic E-state index is 13.9. The highest BCUT2D eigenvalue weighted by atomic mass is 35.5. The summed E-state index contributed by atoms with van der Waals surface area (Å²) < 4.78 is 11.2. The number of nitrogens with one attached hydrogen (secondary N) is 2. The summed E-state index contributed by atoms with van der Waals surface area (Å²) in [6.07, 6.45) is 1.09.